The normalized spacial score (nSPS) is 7.40. The van der Waals surface area contributed by atoms with Crippen LogP contribution in [0.5, 0.6) is 0 Å². The van der Waals surface area contributed by atoms with Crippen LogP contribution >= 0.6 is 11.0 Å². The summed E-state index contributed by atoms with van der Waals surface area (Å²) in [6, 6.07) is 0. The molecule has 2 N–H and O–H groups in total. The van der Waals surface area contributed by atoms with Gasteiger partial charge < -0.3 is 0 Å². The van der Waals surface area contributed by atoms with Crippen molar-refractivity contribution in [2.24, 2.45) is 5.73 Å². The van der Waals surface area contributed by atoms with Crippen LogP contribution in [-0.2, 0) is 0 Å². The van der Waals surface area contributed by atoms with E-state index in [9.17, 15) is 0 Å². The fourth-order valence-electron chi connectivity index (χ4n) is 0. The van der Waals surface area contributed by atoms with E-state index in [0.717, 1.165) is 3.44 Å². The van der Waals surface area contributed by atoms with Crippen molar-refractivity contribution in [3.63, 3.8) is 0 Å². The molecule has 0 saturated carbocycles. The van der Waals surface area contributed by atoms with E-state index in [0.29, 0.717) is 0 Å². The zero-order chi connectivity index (χ0) is 4.28. The third kappa shape index (κ3) is 5.06. The molecule has 0 rings (SSSR count). The molecule has 0 aromatic heterocycles. The summed E-state index contributed by atoms with van der Waals surface area (Å²) in [5.74, 6) is 0. The van der Waals surface area contributed by atoms with E-state index in [1.54, 1.807) is 0 Å². The number of thiol groups is 1. The van der Waals surface area contributed by atoms with E-state index in [1.165, 1.54) is 0 Å². The van der Waals surface area contributed by atoms with Gasteiger partial charge in [0.25, 0.3) is 0 Å². The predicted octanol–water partition coefficient (Wildman–Crippen LogP) is -1.25. The van der Waals surface area contributed by atoms with Gasteiger partial charge in [-0.05, 0) is 0 Å². The molecule has 5 heavy (non-hydrogen) atoms. The molecule has 0 aliphatic carbocycles. The molecule has 0 aromatic rings. The molecule has 30 valence electrons. The zero-order valence-corrected chi connectivity index (χ0v) is 6.66. The fourth-order valence-corrected chi connectivity index (χ4v) is 0. The van der Waals surface area contributed by atoms with Crippen molar-refractivity contribution in [2.75, 3.05) is 0 Å². The first-order chi connectivity index (χ1) is 2.27. The van der Waals surface area contributed by atoms with E-state index in [2.05, 4.69) is 26.6 Å². The summed E-state index contributed by atoms with van der Waals surface area (Å²) in [5.41, 5.74) is 5.10. The summed E-state index contributed by atoms with van der Waals surface area (Å²) in [4.78, 5) is 0. The monoisotopic (exact) mass is 221 g/mol. The van der Waals surface area contributed by atoms with Crippen molar-refractivity contribution in [1.82, 2.24) is 0 Å². The summed E-state index contributed by atoms with van der Waals surface area (Å²) in [6.45, 7) is 0. The van der Waals surface area contributed by atoms with Gasteiger partial charge in [-0.25, -0.2) is 0 Å². The van der Waals surface area contributed by atoms with Gasteiger partial charge in [-0.1, -0.05) is 0 Å². The molecule has 0 unspecified atom stereocenters. The Morgan fingerprint density at radius 3 is 2.20 bits per heavy atom. The minimum absolute atomic E-state index is 0.208. The summed E-state index contributed by atoms with van der Waals surface area (Å²) in [6.07, 6.45) is 0. The van der Waals surface area contributed by atoms with Crippen molar-refractivity contribution in [2.45, 2.75) is 0 Å². The second-order valence-electron chi connectivity index (χ2n) is 0.410. The molecule has 0 aliphatic rings. The molecule has 0 bridgehead atoms. The molecule has 0 spiro atoms. The third-order valence-electron chi connectivity index (χ3n) is 0.0900. The summed E-state index contributed by atoms with van der Waals surface area (Å²) < 4.78 is 0.806. The second kappa shape index (κ2) is 3.26. The van der Waals surface area contributed by atoms with Gasteiger partial charge in [0.15, 0.2) is 0 Å². The summed E-state index contributed by atoms with van der Waals surface area (Å²) >= 11 is 6.73. The molecule has 1 nitrogen and oxygen atoms in total. The van der Waals surface area contributed by atoms with Gasteiger partial charge in [-0.15, -0.1) is 0 Å². The van der Waals surface area contributed by atoms with Crippen molar-refractivity contribution < 1.29 is 0 Å². The van der Waals surface area contributed by atoms with Gasteiger partial charge in [-0.3, -0.25) is 0 Å². The van der Waals surface area contributed by atoms with Crippen molar-refractivity contribution in [3.05, 3.63) is 0 Å². The van der Waals surface area contributed by atoms with Crippen LogP contribution in [-0.4, -0.2) is 32.9 Å². The maximum absolute atomic E-state index is 5.10. The summed E-state index contributed by atoms with van der Waals surface area (Å²) in [7, 11) is 0. The molecular formula is CH3NSSe2. The Morgan fingerprint density at radius 2 is 2.20 bits per heavy atom. The van der Waals surface area contributed by atoms with Crippen molar-refractivity contribution >= 4 is 43.9 Å². The van der Waals surface area contributed by atoms with Crippen molar-refractivity contribution in [3.8, 4) is 0 Å². The predicted molar refractivity (Wildman–Crippen MR) is 29.7 cm³/mol. The first-order valence-electron chi connectivity index (χ1n) is 0.879. The Labute approximate surface area is 49.7 Å². The average Bonchev–Trinajstić information content (AvgIpc) is 1.38. The van der Waals surface area contributed by atoms with Crippen LogP contribution in [0.1, 0.15) is 0 Å². The van der Waals surface area contributed by atoms with E-state index >= 15 is 0 Å². The molecular weight excluding hydrogens is 216 g/mol. The summed E-state index contributed by atoms with van der Waals surface area (Å²) in [5, 5.41) is 0. The Balaban J connectivity index is 2.85. The number of nitrogens with two attached hydrogens (primary N) is 1. The first kappa shape index (κ1) is 6.06. The first-order valence-corrected chi connectivity index (χ1v) is 5.26. The molecule has 0 amide bonds. The van der Waals surface area contributed by atoms with E-state index < -0.39 is 0 Å². The SMILES string of the molecule is NC(=[Se])[Se]S. The van der Waals surface area contributed by atoms with E-state index in [4.69, 9.17) is 5.73 Å². The van der Waals surface area contributed by atoms with Gasteiger partial charge in [-0.2, -0.15) is 0 Å². The van der Waals surface area contributed by atoms with Crippen LogP contribution in [0.25, 0.3) is 0 Å². The van der Waals surface area contributed by atoms with E-state index in [-0.39, 0.29) is 13.8 Å². The molecule has 0 heterocycles. The zero-order valence-electron chi connectivity index (χ0n) is 2.34. The average molecular weight is 219 g/mol. The van der Waals surface area contributed by atoms with Gasteiger partial charge in [0.1, 0.15) is 0 Å². The van der Waals surface area contributed by atoms with Crippen LogP contribution in [0.15, 0.2) is 0 Å². The van der Waals surface area contributed by atoms with Crippen LogP contribution in [0.3, 0.4) is 0 Å². The molecule has 0 aliphatic heterocycles. The molecule has 0 fully saturated rings. The Kier molecular flexibility index (Phi) is 3.95. The molecule has 0 atom stereocenters. The molecule has 0 saturated heterocycles. The van der Waals surface area contributed by atoms with E-state index in [1.807, 2.05) is 0 Å². The number of hydrogen-bond donors (Lipinski definition) is 2. The molecule has 0 radical (unpaired) electrons. The number of rotatable bonds is 1. The second-order valence-corrected chi connectivity index (χ2v) is 4.90. The third-order valence-corrected chi connectivity index (χ3v) is 3.84. The van der Waals surface area contributed by atoms with Crippen molar-refractivity contribution in [1.29, 1.82) is 0 Å². The molecule has 0 aromatic carbocycles. The minimum atomic E-state index is 0.208. The number of hydrogen-bond acceptors (Lipinski definition) is 2. The van der Waals surface area contributed by atoms with Crippen LogP contribution in [0, 0.1) is 0 Å². The van der Waals surface area contributed by atoms with Gasteiger partial charge in [0.05, 0.1) is 0 Å². The van der Waals surface area contributed by atoms with Gasteiger partial charge in [0.2, 0.25) is 0 Å². The fraction of sp³-hybridized carbons (Fsp3) is 0. The Hall–Kier alpha value is 1.06. The van der Waals surface area contributed by atoms with Gasteiger partial charge in [0, 0.05) is 0 Å². The van der Waals surface area contributed by atoms with Gasteiger partial charge >= 0.3 is 49.6 Å². The standard InChI is InChI=1S/CH3NSSe2/c2-1(4)5-3/h3H,(H2,2,4). The van der Waals surface area contributed by atoms with Crippen LogP contribution in [0.2, 0.25) is 0 Å². The molecule has 4 heteroatoms. The Morgan fingerprint density at radius 1 is 2.00 bits per heavy atom. The topological polar surface area (TPSA) is 26.0 Å². The van der Waals surface area contributed by atoms with Crippen LogP contribution in [0.4, 0.5) is 0 Å². The quantitative estimate of drug-likeness (QED) is 0.418. The maximum atomic E-state index is 5.10. The van der Waals surface area contributed by atoms with Crippen LogP contribution < -0.4 is 5.73 Å². The Bertz CT molecular complexity index is 44.9.